The lowest BCUT2D eigenvalue weighted by atomic mass is 10.1. The van der Waals surface area contributed by atoms with Crippen molar-refractivity contribution in [2.45, 2.75) is 30.3 Å². The van der Waals surface area contributed by atoms with E-state index in [2.05, 4.69) is 5.43 Å². The fraction of sp³-hybridized carbons (Fsp3) is 0.667. The number of nitro groups is 1. The Morgan fingerprint density at radius 2 is 1.56 bits per heavy atom. The van der Waals surface area contributed by atoms with E-state index in [-0.39, 0.29) is 35.8 Å². The predicted molar refractivity (Wildman–Crippen MR) is 98.9 cm³/mol. The van der Waals surface area contributed by atoms with Crippen LogP contribution in [-0.4, -0.2) is 82.4 Å². The summed E-state index contributed by atoms with van der Waals surface area (Å²) >= 11 is 0. The van der Waals surface area contributed by atoms with E-state index in [1.54, 1.807) is 28.4 Å². The van der Waals surface area contributed by atoms with Crippen LogP contribution in [0.5, 0.6) is 0 Å². The van der Waals surface area contributed by atoms with Crippen molar-refractivity contribution in [1.82, 2.24) is 10.4 Å². The molecule has 1 fully saturated rings. The van der Waals surface area contributed by atoms with Crippen LogP contribution in [0.2, 0.25) is 0 Å². The minimum absolute atomic E-state index is 0.192. The van der Waals surface area contributed by atoms with Crippen LogP contribution >= 0.6 is 0 Å². The predicted octanol–water partition coefficient (Wildman–Crippen LogP) is 0.885. The number of hydrogen-bond acceptors (Lipinski definition) is 8. The molecule has 0 saturated carbocycles. The molecule has 0 aliphatic carbocycles. The molecule has 1 heterocycles. The summed E-state index contributed by atoms with van der Waals surface area (Å²) in [5.74, 6) is 0. The third-order valence-corrected chi connectivity index (χ3v) is 4.85. The number of methoxy groups -OCH3 is 4. The van der Waals surface area contributed by atoms with Crippen molar-refractivity contribution in [3.05, 3.63) is 46.0 Å². The van der Waals surface area contributed by atoms with Crippen LogP contribution in [0.15, 0.2) is 30.3 Å². The number of nitrogens with one attached hydrogen (secondary N) is 1. The quantitative estimate of drug-likeness (QED) is 0.445. The highest BCUT2D eigenvalue weighted by molar-refractivity contribution is 5.19. The Hall–Kier alpha value is -1.62. The summed E-state index contributed by atoms with van der Waals surface area (Å²) in [5, 5.41) is 13.2. The molecular weight excluding hydrogens is 354 g/mol. The molecule has 1 aromatic carbocycles. The average Bonchev–Trinajstić information content (AvgIpc) is 2.94. The number of nitrogens with zero attached hydrogens (tertiary/aromatic N) is 2. The van der Waals surface area contributed by atoms with Crippen molar-refractivity contribution in [2.24, 2.45) is 0 Å². The second-order valence-corrected chi connectivity index (χ2v) is 6.46. The zero-order valence-corrected chi connectivity index (χ0v) is 16.2. The lowest BCUT2D eigenvalue weighted by Gasteiger charge is -2.33. The summed E-state index contributed by atoms with van der Waals surface area (Å²) in [6.45, 7) is 0.506. The van der Waals surface area contributed by atoms with Crippen molar-refractivity contribution in [3.63, 3.8) is 0 Å². The van der Waals surface area contributed by atoms with Crippen LogP contribution in [0.1, 0.15) is 11.6 Å². The third-order valence-electron chi connectivity index (χ3n) is 4.85. The molecule has 0 amide bonds. The van der Waals surface area contributed by atoms with Gasteiger partial charge in [0, 0.05) is 33.4 Å². The molecule has 1 aliphatic heterocycles. The highest BCUT2D eigenvalue weighted by Gasteiger charge is 2.50. The van der Waals surface area contributed by atoms with Gasteiger partial charge in [0.2, 0.25) is 6.54 Å². The van der Waals surface area contributed by atoms with Crippen LogP contribution in [0, 0.1) is 10.1 Å². The first-order valence-electron chi connectivity index (χ1n) is 8.82. The smallest absolute Gasteiger partial charge is 0.224 e. The molecule has 2 rings (SSSR count). The lowest BCUT2D eigenvalue weighted by molar-refractivity contribution is -0.485. The minimum Gasteiger partial charge on any atom is -0.383 e. The van der Waals surface area contributed by atoms with Gasteiger partial charge in [-0.25, -0.2) is 10.4 Å². The van der Waals surface area contributed by atoms with E-state index in [1.807, 2.05) is 35.3 Å². The van der Waals surface area contributed by atoms with Gasteiger partial charge in [-0.3, -0.25) is 10.1 Å². The zero-order valence-electron chi connectivity index (χ0n) is 16.2. The summed E-state index contributed by atoms with van der Waals surface area (Å²) in [7, 11) is 6.47. The van der Waals surface area contributed by atoms with E-state index >= 15 is 0 Å². The molecule has 27 heavy (non-hydrogen) atoms. The SMILES string of the molecule is COC[C@H]1[C@@H](OC)[C@H](OC)[C@H](COC)N1N[C@H](C[N+](=O)[O-])c1ccccc1. The van der Waals surface area contributed by atoms with Gasteiger partial charge in [-0.2, -0.15) is 0 Å². The van der Waals surface area contributed by atoms with Gasteiger partial charge in [-0.15, -0.1) is 0 Å². The van der Waals surface area contributed by atoms with Gasteiger partial charge in [0.25, 0.3) is 0 Å². The van der Waals surface area contributed by atoms with Gasteiger partial charge in [0.1, 0.15) is 18.2 Å². The molecule has 0 unspecified atom stereocenters. The van der Waals surface area contributed by atoms with Gasteiger partial charge in [-0.1, -0.05) is 30.3 Å². The lowest BCUT2D eigenvalue weighted by Crippen LogP contribution is -2.54. The Labute approximate surface area is 159 Å². The molecule has 9 nitrogen and oxygen atoms in total. The van der Waals surface area contributed by atoms with E-state index in [4.69, 9.17) is 18.9 Å². The number of ether oxygens (including phenoxy) is 4. The van der Waals surface area contributed by atoms with Gasteiger partial charge < -0.3 is 18.9 Å². The van der Waals surface area contributed by atoms with Crippen molar-refractivity contribution < 1.29 is 23.9 Å². The van der Waals surface area contributed by atoms with E-state index in [0.29, 0.717) is 13.2 Å². The molecule has 0 aromatic heterocycles. The van der Waals surface area contributed by atoms with Crippen LogP contribution in [0.25, 0.3) is 0 Å². The Morgan fingerprint density at radius 1 is 1.04 bits per heavy atom. The van der Waals surface area contributed by atoms with E-state index in [1.165, 1.54) is 0 Å². The maximum absolute atomic E-state index is 11.3. The summed E-state index contributed by atoms with van der Waals surface area (Å²) in [5.41, 5.74) is 4.16. The topological polar surface area (TPSA) is 95.3 Å². The standard InChI is InChI=1S/C18H29N3O6/c1-24-11-15-17(26-3)18(27-4)16(12-25-2)21(15)19-14(10-20(22)23)13-8-6-5-7-9-13/h5-9,14-19H,10-12H2,1-4H3/t14-,15+,16+,17-,18-/m1/s1. The van der Waals surface area contributed by atoms with Gasteiger partial charge in [0.15, 0.2) is 0 Å². The normalized spacial score (nSPS) is 27.0. The molecule has 1 aliphatic rings. The molecule has 152 valence electrons. The van der Waals surface area contributed by atoms with Crippen LogP contribution in [0.4, 0.5) is 0 Å². The maximum atomic E-state index is 11.3. The molecule has 0 bridgehead atoms. The first-order chi connectivity index (χ1) is 13.1. The summed E-state index contributed by atoms with van der Waals surface area (Å²) in [6.07, 6.45) is -0.538. The Balaban J connectivity index is 2.34. The number of rotatable bonds is 11. The molecule has 1 aromatic rings. The monoisotopic (exact) mass is 383 g/mol. The summed E-state index contributed by atoms with van der Waals surface area (Å²) < 4.78 is 22.1. The molecule has 1 saturated heterocycles. The largest absolute Gasteiger partial charge is 0.383 e. The Morgan fingerprint density at radius 3 is 1.96 bits per heavy atom. The highest BCUT2D eigenvalue weighted by atomic mass is 16.6. The van der Waals surface area contributed by atoms with Gasteiger partial charge in [-0.05, 0) is 5.56 Å². The van der Waals surface area contributed by atoms with Crippen LogP contribution < -0.4 is 5.43 Å². The molecule has 5 atom stereocenters. The minimum atomic E-state index is -0.506. The van der Waals surface area contributed by atoms with Crippen molar-refractivity contribution >= 4 is 0 Å². The molecule has 1 N–H and O–H groups in total. The molecule has 0 spiro atoms. The number of hydrogen-bond donors (Lipinski definition) is 1. The Kier molecular flexibility index (Phi) is 8.55. The third kappa shape index (κ3) is 5.22. The molecular formula is C18H29N3O6. The van der Waals surface area contributed by atoms with E-state index in [9.17, 15) is 10.1 Å². The van der Waals surface area contributed by atoms with Crippen LogP contribution in [0.3, 0.4) is 0 Å². The first-order valence-corrected chi connectivity index (χ1v) is 8.82. The number of benzene rings is 1. The van der Waals surface area contributed by atoms with Gasteiger partial charge in [0.05, 0.1) is 25.3 Å². The first kappa shape index (κ1) is 21.7. The fourth-order valence-electron chi connectivity index (χ4n) is 3.70. The van der Waals surface area contributed by atoms with Crippen LogP contribution in [-0.2, 0) is 18.9 Å². The summed E-state index contributed by atoms with van der Waals surface area (Å²) in [4.78, 5) is 10.9. The summed E-state index contributed by atoms with van der Waals surface area (Å²) in [6, 6.07) is 8.46. The molecule has 9 heteroatoms. The highest BCUT2D eigenvalue weighted by Crippen LogP contribution is 2.30. The fourth-order valence-corrected chi connectivity index (χ4v) is 3.70. The van der Waals surface area contributed by atoms with Crippen molar-refractivity contribution in [2.75, 3.05) is 48.2 Å². The van der Waals surface area contributed by atoms with Gasteiger partial charge >= 0.3 is 0 Å². The second kappa shape index (κ2) is 10.6. The number of hydrazine groups is 1. The van der Waals surface area contributed by atoms with Crippen molar-refractivity contribution in [3.8, 4) is 0 Å². The van der Waals surface area contributed by atoms with Crippen molar-refractivity contribution in [1.29, 1.82) is 0 Å². The van der Waals surface area contributed by atoms with E-state index in [0.717, 1.165) is 5.56 Å². The molecule has 0 radical (unpaired) electrons. The Bertz CT molecular complexity index is 555. The second-order valence-electron chi connectivity index (χ2n) is 6.46. The van der Waals surface area contributed by atoms with E-state index < -0.39 is 6.04 Å². The maximum Gasteiger partial charge on any atom is 0.224 e. The average molecular weight is 383 g/mol. The zero-order chi connectivity index (χ0) is 19.8.